The highest BCUT2D eigenvalue weighted by molar-refractivity contribution is 5.82. The molecule has 0 aromatic carbocycles. The van der Waals surface area contributed by atoms with Crippen LogP contribution >= 0.6 is 0 Å². The van der Waals surface area contributed by atoms with Crippen LogP contribution in [0.1, 0.15) is 26.5 Å². The van der Waals surface area contributed by atoms with Crippen molar-refractivity contribution in [3.8, 4) is 28.5 Å². The molecular weight excluding hydrogens is 355 g/mol. The highest BCUT2D eigenvalue weighted by atomic mass is 19.1. The van der Waals surface area contributed by atoms with E-state index in [1.807, 2.05) is 49.7 Å². The van der Waals surface area contributed by atoms with E-state index in [0.29, 0.717) is 23.4 Å². The zero-order valence-corrected chi connectivity index (χ0v) is 15.9. The van der Waals surface area contributed by atoms with Gasteiger partial charge in [0.1, 0.15) is 17.4 Å². The fraction of sp³-hybridized carbons (Fsp3) is 0.238. The van der Waals surface area contributed by atoms with Crippen LogP contribution in [0.15, 0.2) is 49.1 Å². The SMILES string of the molecule is CC(C)(C)Cn1ncc(-c2ccc(C#N)nc2-c2ccn3ccnc3c2)c1F. The van der Waals surface area contributed by atoms with E-state index in [1.54, 1.807) is 18.3 Å². The second kappa shape index (κ2) is 6.57. The molecule has 0 unspecified atom stereocenters. The molecule has 0 bridgehead atoms. The molecule has 0 saturated carbocycles. The van der Waals surface area contributed by atoms with Gasteiger partial charge in [-0.1, -0.05) is 20.8 Å². The van der Waals surface area contributed by atoms with Crippen molar-refractivity contribution in [2.24, 2.45) is 5.41 Å². The molecular formula is C21H19FN6. The van der Waals surface area contributed by atoms with Crippen LogP contribution in [0.3, 0.4) is 0 Å². The van der Waals surface area contributed by atoms with Gasteiger partial charge in [0.05, 0.1) is 17.5 Å². The van der Waals surface area contributed by atoms with Gasteiger partial charge in [0, 0.05) is 36.3 Å². The van der Waals surface area contributed by atoms with Crippen molar-refractivity contribution in [1.82, 2.24) is 24.1 Å². The normalized spacial score (nSPS) is 11.7. The molecule has 4 aromatic heterocycles. The van der Waals surface area contributed by atoms with Crippen molar-refractivity contribution < 1.29 is 4.39 Å². The van der Waals surface area contributed by atoms with E-state index < -0.39 is 5.95 Å². The van der Waals surface area contributed by atoms with Gasteiger partial charge in [0.25, 0.3) is 0 Å². The molecule has 0 atom stereocenters. The lowest BCUT2D eigenvalue weighted by molar-refractivity contribution is 0.296. The summed E-state index contributed by atoms with van der Waals surface area (Å²) in [6, 6.07) is 9.10. The molecule has 6 nitrogen and oxygen atoms in total. The van der Waals surface area contributed by atoms with Crippen LogP contribution in [0.5, 0.6) is 0 Å². The van der Waals surface area contributed by atoms with Gasteiger partial charge >= 0.3 is 0 Å². The first-order valence-electron chi connectivity index (χ1n) is 8.92. The monoisotopic (exact) mass is 374 g/mol. The predicted octanol–water partition coefficient (Wildman–Crippen LogP) is 4.32. The fourth-order valence-corrected chi connectivity index (χ4v) is 3.13. The Morgan fingerprint density at radius 2 is 1.96 bits per heavy atom. The van der Waals surface area contributed by atoms with Gasteiger partial charge in [0.15, 0.2) is 0 Å². The van der Waals surface area contributed by atoms with Crippen LogP contribution in [-0.4, -0.2) is 24.1 Å². The van der Waals surface area contributed by atoms with Crippen LogP contribution in [-0.2, 0) is 6.54 Å². The summed E-state index contributed by atoms with van der Waals surface area (Å²) in [5, 5.41) is 13.5. The van der Waals surface area contributed by atoms with Gasteiger partial charge in [0.2, 0.25) is 5.95 Å². The van der Waals surface area contributed by atoms with Crippen molar-refractivity contribution in [3.05, 3.63) is 60.7 Å². The van der Waals surface area contributed by atoms with Crippen molar-refractivity contribution in [2.75, 3.05) is 0 Å². The predicted molar refractivity (Wildman–Crippen MR) is 104 cm³/mol. The number of imidazole rings is 1. The number of fused-ring (bicyclic) bond motifs is 1. The summed E-state index contributed by atoms with van der Waals surface area (Å²) in [7, 11) is 0. The van der Waals surface area contributed by atoms with Crippen molar-refractivity contribution >= 4 is 5.65 Å². The third-order valence-corrected chi connectivity index (χ3v) is 4.37. The molecule has 4 heterocycles. The van der Waals surface area contributed by atoms with Gasteiger partial charge in [-0.3, -0.25) is 0 Å². The summed E-state index contributed by atoms with van der Waals surface area (Å²) in [6.07, 6.45) is 6.92. The molecule has 28 heavy (non-hydrogen) atoms. The maximum absolute atomic E-state index is 15.1. The molecule has 7 heteroatoms. The Hall–Kier alpha value is -3.53. The molecule has 0 aliphatic heterocycles. The van der Waals surface area contributed by atoms with Gasteiger partial charge < -0.3 is 4.40 Å². The smallest absolute Gasteiger partial charge is 0.219 e. The van der Waals surface area contributed by atoms with Crippen molar-refractivity contribution in [3.63, 3.8) is 0 Å². The number of hydrogen-bond donors (Lipinski definition) is 0. The Bertz CT molecular complexity index is 1210. The van der Waals surface area contributed by atoms with Gasteiger partial charge in [-0.05, 0) is 29.7 Å². The minimum absolute atomic E-state index is 0.110. The molecule has 0 saturated heterocycles. The summed E-state index contributed by atoms with van der Waals surface area (Å²) < 4.78 is 18.4. The molecule has 140 valence electrons. The zero-order valence-electron chi connectivity index (χ0n) is 15.9. The van der Waals surface area contributed by atoms with E-state index >= 15 is 4.39 Å². The summed E-state index contributed by atoms with van der Waals surface area (Å²) in [5.41, 5.74) is 3.14. The largest absolute Gasteiger partial charge is 0.307 e. The van der Waals surface area contributed by atoms with E-state index in [4.69, 9.17) is 0 Å². The topological polar surface area (TPSA) is 71.8 Å². The molecule has 0 N–H and O–H groups in total. The summed E-state index contributed by atoms with van der Waals surface area (Å²) in [6.45, 7) is 6.55. The Morgan fingerprint density at radius 1 is 1.14 bits per heavy atom. The standard InChI is InChI=1S/C21H19FN6/c1-21(2,3)13-28-20(22)17(12-25-28)16-5-4-15(11-23)26-19(16)14-6-8-27-9-7-24-18(27)10-14/h4-10,12H,13H2,1-3H3. The molecule has 4 aromatic rings. The van der Waals surface area contributed by atoms with Gasteiger partial charge in [-0.15, -0.1) is 0 Å². The van der Waals surface area contributed by atoms with Crippen LogP contribution in [0.2, 0.25) is 0 Å². The van der Waals surface area contributed by atoms with Gasteiger partial charge in [-0.25, -0.2) is 14.6 Å². The number of nitrogens with zero attached hydrogens (tertiary/aromatic N) is 6. The first-order valence-corrected chi connectivity index (χ1v) is 8.92. The second-order valence-corrected chi connectivity index (χ2v) is 7.88. The summed E-state index contributed by atoms with van der Waals surface area (Å²) >= 11 is 0. The molecule has 0 radical (unpaired) electrons. The lowest BCUT2D eigenvalue weighted by Gasteiger charge is -2.18. The van der Waals surface area contributed by atoms with E-state index in [-0.39, 0.29) is 11.1 Å². The van der Waals surface area contributed by atoms with Crippen LogP contribution in [0, 0.1) is 22.7 Å². The van der Waals surface area contributed by atoms with Crippen LogP contribution < -0.4 is 0 Å². The van der Waals surface area contributed by atoms with Crippen molar-refractivity contribution in [1.29, 1.82) is 5.26 Å². The maximum atomic E-state index is 15.1. The molecule has 4 rings (SSSR count). The molecule has 0 amide bonds. The van der Waals surface area contributed by atoms with Gasteiger partial charge in [-0.2, -0.15) is 14.8 Å². The highest BCUT2D eigenvalue weighted by Crippen LogP contribution is 2.33. The van der Waals surface area contributed by atoms with E-state index in [1.165, 1.54) is 10.9 Å². The molecule has 0 spiro atoms. The quantitative estimate of drug-likeness (QED) is 0.535. The van der Waals surface area contributed by atoms with Crippen LogP contribution in [0.25, 0.3) is 28.0 Å². The summed E-state index contributed by atoms with van der Waals surface area (Å²) in [4.78, 5) is 8.74. The number of aromatic nitrogens is 5. The Balaban J connectivity index is 1.88. The number of rotatable bonds is 3. The number of halogens is 1. The molecule has 0 fully saturated rings. The number of hydrogen-bond acceptors (Lipinski definition) is 4. The average Bonchev–Trinajstić information content (AvgIpc) is 3.26. The Morgan fingerprint density at radius 3 is 2.71 bits per heavy atom. The van der Waals surface area contributed by atoms with E-state index in [0.717, 1.165) is 11.2 Å². The maximum Gasteiger partial charge on any atom is 0.219 e. The third kappa shape index (κ3) is 3.25. The first-order chi connectivity index (χ1) is 13.4. The summed E-state index contributed by atoms with van der Waals surface area (Å²) in [5.74, 6) is -0.412. The van der Waals surface area contributed by atoms with Crippen LogP contribution in [0.4, 0.5) is 4.39 Å². The molecule has 0 aliphatic carbocycles. The van der Waals surface area contributed by atoms with E-state index in [2.05, 4.69) is 21.1 Å². The van der Waals surface area contributed by atoms with Crippen molar-refractivity contribution in [2.45, 2.75) is 27.3 Å². The third-order valence-electron chi connectivity index (χ3n) is 4.37. The number of pyridine rings is 2. The minimum atomic E-state index is -0.412. The lowest BCUT2D eigenvalue weighted by Crippen LogP contribution is -2.17. The fourth-order valence-electron chi connectivity index (χ4n) is 3.13. The lowest BCUT2D eigenvalue weighted by atomic mass is 9.97. The Kier molecular flexibility index (Phi) is 4.19. The average molecular weight is 374 g/mol. The minimum Gasteiger partial charge on any atom is -0.307 e. The number of nitriles is 1. The Labute approximate surface area is 161 Å². The zero-order chi connectivity index (χ0) is 19.9. The highest BCUT2D eigenvalue weighted by Gasteiger charge is 2.21. The first kappa shape index (κ1) is 17.9. The van der Waals surface area contributed by atoms with E-state index in [9.17, 15) is 5.26 Å². The second-order valence-electron chi connectivity index (χ2n) is 7.88. The molecule has 0 aliphatic rings.